The van der Waals surface area contributed by atoms with Gasteiger partial charge in [-0.15, -0.1) is 23.5 Å². The molecule has 0 bridgehead atoms. The van der Waals surface area contributed by atoms with Crippen LogP contribution in [0.15, 0.2) is 69.7 Å². The maximum Gasteiger partial charge on any atom is 0.195 e. The number of aromatic nitrogens is 12. The minimum Gasteiger partial charge on any atom is -0.331 e. The highest BCUT2D eigenvalue weighted by atomic mass is 35.5. The van der Waals surface area contributed by atoms with Gasteiger partial charge >= 0.3 is 0 Å². The zero-order chi connectivity index (χ0) is 44.1. The number of pyridine rings is 4. The van der Waals surface area contributed by atoms with Gasteiger partial charge in [0.1, 0.15) is 52.7 Å². The predicted octanol–water partition coefficient (Wildman–Crippen LogP) is 8.67. The lowest BCUT2D eigenvalue weighted by Crippen LogP contribution is -2.05. The van der Waals surface area contributed by atoms with Gasteiger partial charge in [-0.2, -0.15) is 0 Å². The highest BCUT2D eigenvalue weighted by molar-refractivity contribution is 7.99. The Morgan fingerprint density at radius 2 is 0.883 bits per heavy atom. The zero-order valence-corrected chi connectivity index (χ0v) is 39.9. The molecule has 0 radical (unpaired) electrons. The van der Waals surface area contributed by atoms with Gasteiger partial charge in [-0.1, -0.05) is 46.4 Å². The maximum absolute atomic E-state index is 11.6. The van der Waals surface area contributed by atoms with Crippen molar-refractivity contribution in [1.82, 2.24) is 58.1 Å². The van der Waals surface area contributed by atoms with Gasteiger partial charge < -0.3 is 18.3 Å². The molecule has 0 saturated carbocycles. The lowest BCUT2D eigenvalue weighted by atomic mass is 10.4. The average molecular weight is 975 g/mol. The van der Waals surface area contributed by atoms with E-state index in [1.807, 2.05) is 49.6 Å². The van der Waals surface area contributed by atoms with Gasteiger partial charge in [0.15, 0.2) is 29.7 Å². The summed E-state index contributed by atoms with van der Waals surface area (Å²) in [6, 6.07) is 6.82. The molecule has 0 atom stereocenters. The van der Waals surface area contributed by atoms with Crippen molar-refractivity contribution < 1.29 is 16.8 Å². The summed E-state index contributed by atoms with van der Waals surface area (Å²) < 4.78 is 53.9. The van der Waals surface area contributed by atoms with Crippen molar-refractivity contribution in [3.8, 4) is 0 Å². The first-order valence-electron chi connectivity index (χ1n) is 17.9. The number of halogens is 4. The van der Waals surface area contributed by atoms with Crippen molar-refractivity contribution in [2.75, 3.05) is 25.0 Å². The summed E-state index contributed by atoms with van der Waals surface area (Å²) in [7, 11) is -6.83. The molecule has 0 aromatic carbocycles. The van der Waals surface area contributed by atoms with Gasteiger partial charge in [0.25, 0.3) is 0 Å². The summed E-state index contributed by atoms with van der Waals surface area (Å²) in [6.07, 6.45) is 13.0. The maximum atomic E-state index is 11.6. The van der Waals surface area contributed by atoms with Crippen LogP contribution in [0.2, 0.25) is 20.6 Å². The first-order valence-corrected chi connectivity index (χ1v) is 25.7. The topological polar surface area (TPSA) is 191 Å². The van der Waals surface area contributed by atoms with E-state index < -0.39 is 19.7 Å². The standard InChI is InChI=1S/2C9H10ClN3O2S.2C9H10ClN3S/c1-3-13-5-11-8-6(13)4-7(10)12-9(8)16(2,14)15;1-3-13-5-11-6-4-7(10)12-9(8(6)13)16(2,14)15;1-3-13-5-11-8-6(13)4-7(10)12-9(8)14-2;1-3-13-5-11-6-4-7(10)12-9(14-2)8(6)13/h2*4-5H,3H2,1-2H3;2*4-5H,3H2,1-2H3. The second-order valence-corrected chi connectivity index (χ2v) is 19.5. The molecular weight excluding hydrogens is 935 g/mol. The smallest absolute Gasteiger partial charge is 0.195 e. The predicted molar refractivity (Wildman–Crippen MR) is 243 cm³/mol. The highest BCUT2D eigenvalue weighted by Crippen LogP contribution is 2.28. The summed E-state index contributed by atoms with van der Waals surface area (Å²) >= 11 is 26.5. The van der Waals surface area contributed by atoms with Gasteiger partial charge in [0.2, 0.25) is 0 Å². The van der Waals surface area contributed by atoms with Crippen LogP contribution in [-0.2, 0) is 45.9 Å². The third kappa shape index (κ3) is 10.6. The van der Waals surface area contributed by atoms with E-state index in [0.717, 1.165) is 57.7 Å². The number of hydrogen-bond acceptors (Lipinski definition) is 14. The summed E-state index contributed by atoms with van der Waals surface area (Å²) in [4.78, 5) is 32.9. The molecule has 16 nitrogen and oxygen atoms in total. The fourth-order valence-corrected chi connectivity index (χ4v) is 9.56. The first-order chi connectivity index (χ1) is 28.4. The van der Waals surface area contributed by atoms with Gasteiger partial charge in [-0.25, -0.2) is 56.7 Å². The van der Waals surface area contributed by atoms with E-state index in [2.05, 4.69) is 62.9 Å². The van der Waals surface area contributed by atoms with Crippen LogP contribution in [0.4, 0.5) is 0 Å². The molecule has 320 valence electrons. The van der Waals surface area contributed by atoms with Gasteiger partial charge in [0.05, 0.1) is 47.4 Å². The van der Waals surface area contributed by atoms with E-state index in [4.69, 9.17) is 46.4 Å². The quantitative estimate of drug-likeness (QED) is 0.104. The number of fused-ring (bicyclic) bond motifs is 4. The highest BCUT2D eigenvalue weighted by Gasteiger charge is 2.20. The molecule has 24 heteroatoms. The van der Waals surface area contributed by atoms with Gasteiger partial charge in [-0.05, 0) is 40.2 Å². The molecule has 0 N–H and O–H groups in total. The fraction of sp³-hybridized carbons (Fsp3) is 0.333. The fourth-order valence-electron chi connectivity index (χ4n) is 5.85. The van der Waals surface area contributed by atoms with Gasteiger partial charge in [0, 0.05) is 63.0 Å². The lowest BCUT2D eigenvalue weighted by molar-refractivity contribution is 0.597. The van der Waals surface area contributed by atoms with Crippen molar-refractivity contribution in [2.24, 2.45) is 0 Å². The number of hydrogen-bond donors (Lipinski definition) is 0. The largest absolute Gasteiger partial charge is 0.331 e. The number of thioether (sulfide) groups is 2. The molecule has 0 aliphatic heterocycles. The first kappa shape index (κ1) is 47.3. The Labute approximate surface area is 375 Å². The normalized spacial score (nSPS) is 11.7. The second kappa shape index (κ2) is 20.0. The molecule has 0 amide bonds. The summed E-state index contributed by atoms with van der Waals surface area (Å²) in [5.41, 5.74) is 6.08. The van der Waals surface area contributed by atoms with E-state index in [-0.39, 0.29) is 20.4 Å². The summed E-state index contributed by atoms with van der Waals surface area (Å²) in [6.45, 7) is 11.1. The van der Waals surface area contributed by atoms with Crippen LogP contribution in [0.25, 0.3) is 44.1 Å². The molecule has 8 rings (SSSR count). The van der Waals surface area contributed by atoms with Crippen molar-refractivity contribution in [1.29, 1.82) is 0 Å². The van der Waals surface area contributed by atoms with E-state index >= 15 is 0 Å². The average Bonchev–Trinajstić information content (AvgIpc) is 4.01. The Morgan fingerprint density at radius 1 is 0.500 bits per heavy atom. The zero-order valence-electron chi connectivity index (χ0n) is 33.6. The van der Waals surface area contributed by atoms with Crippen LogP contribution in [0.1, 0.15) is 27.7 Å². The molecule has 0 spiro atoms. The molecule has 8 aromatic rings. The molecule has 0 aliphatic rings. The molecule has 0 fully saturated rings. The SMILES string of the molecule is CCn1cnc2c(S(C)(=O)=O)nc(Cl)cc21.CCn1cnc2c(SC)nc(Cl)cc21.CCn1cnc2cc(Cl)nc(S(C)(=O)=O)c21.CCn1cnc2cc(Cl)nc(SC)c21. The van der Waals surface area contributed by atoms with E-state index in [1.165, 1.54) is 0 Å². The third-order valence-electron chi connectivity index (χ3n) is 8.61. The minimum atomic E-state index is -3.42. The summed E-state index contributed by atoms with van der Waals surface area (Å²) in [5, 5.41) is 3.06. The Kier molecular flexibility index (Phi) is 15.7. The Bertz CT molecular complexity index is 3040. The van der Waals surface area contributed by atoms with Crippen LogP contribution >= 0.6 is 69.9 Å². The molecule has 60 heavy (non-hydrogen) atoms. The Morgan fingerprint density at radius 3 is 1.38 bits per heavy atom. The van der Waals surface area contributed by atoms with Crippen LogP contribution in [0.3, 0.4) is 0 Å². The molecule has 8 aromatic heterocycles. The minimum absolute atomic E-state index is 0.0191. The Hall–Kier alpha value is -3.76. The van der Waals surface area contributed by atoms with Crippen LogP contribution in [0.5, 0.6) is 0 Å². The number of aryl methyl sites for hydroxylation is 4. The van der Waals surface area contributed by atoms with E-state index in [0.29, 0.717) is 45.5 Å². The summed E-state index contributed by atoms with van der Waals surface area (Å²) in [5.74, 6) is 0. The van der Waals surface area contributed by atoms with Crippen molar-refractivity contribution in [3.05, 3.63) is 70.2 Å². The lowest BCUT2D eigenvalue weighted by Gasteiger charge is -2.04. The van der Waals surface area contributed by atoms with Crippen LogP contribution in [-0.4, -0.2) is 100.0 Å². The van der Waals surface area contributed by atoms with E-state index in [9.17, 15) is 16.8 Å². The van der Waals surface area contributed by atoms with Gasteiger partial charge in [-0.3, -0.25) is 0 Å². The monoisotopic (exact) mass is 972 g/mol. The number of sulfone groups is 2. The van der Waals surface area contributed by atoms with Crippen molar-refractivity contribution in [2.45, 2.75) is 74.0 Å². The molecule has 0 saturated heterocycles. The molecule has 8 heterocycles. The van der Waals surface area contributed by atoms with Crippen molar-refractivity contribution >= 4 is 134 Å². The second-order valence-electron chi connectivity index (χ2n) is 12.5. The molecule has 0 unspecified atom stereocenters. The van der Waals surface area contributed by atoms with Crippen LogP contribution < -0.4 is 0 Å². The number of imidazole rings is 4. The molecular formula is C36H40Cl4N12O4S4. The third-order valence-corrected chi connectivity index (χ3v) is 12.7. The molecule has 0 aliphatic carbocycles. The Balaban J connectivity index is 0.000000152. The van der Waals surface area contributed by atoms with Crippen molar-refractivity contribution in [3.63, 3.8) is 0 Å². The van der Waals surface area contributed by atoms with Crippen LogP contribution in [0, 0.1) is 0 Å². The number of nitrogens with zero attached hydrogens (tertiary/aromatic N) is 12. The number of rotatable bonds is 8. The van der Waals surface area contributed by atoms with E-state index in [1.54, 1.807) is 58.9 Å².